The van der Waals surface area contributed by atoms with Crippen molar-refractivity contribution in [3.63, 3.8) is 0 Å². The second-order valence-corrected chi connectivity index (χ2v) is 6.84. The Balaban J connectivity index is 1.23. The molecule has 2 aromatic rings. The molecule has 1 fully saturated rings. The smallest absolute Gasteiger partial charge is 0.313 e. The molecule has 4 rings (SSSR count). The van der Waals surface area contributed by atoms with Crippen LogP contribution in [0.2, 0.25) is 0 Å². The second-order valence-electron chi connectivity index (χ2n) is 6.84. The number of para-hydroxylation sites is 1. The predicted molar refractivity (Wildman–Crippen MR) is 101 cm³/mol. The summed E-state index contributed by atoms with van der Waals surface area (Å²) in [6, 6.07) is 9.42. The molecule has 0 bridgehead atoms. The number of amides is 1. The fraction of sp³-hybridized carbons (Fsp3) is 0.400. The lowest BCUT2D eigenvalue weighted by molar-refractivity contribution is -0.156. The number of piperazine rings is 1. The van der Waals surface area contributed by atoms with E-state index in [4.69, 9.17) is 9.47 Å². The van der Waals surface area contributed by atoms with Crippen molar-refractivity contribution in [3.8, 4) is 5.75 Å². The highest BCUT2D eigenvalue weighted by molar-refractivity contribution is 5.82. The monoisotopic (exact) mass is 382 g/mol. The van der Waals surface area contributed by atoms with Crippen molar-refractivity contribution in [2.75, 3.05) is 44.3 Å². The fourth-order valence-corrected chi connectivity index (χ4v) is 3.43. The minimum Gasteiger partial charge on any atom is -0.492 e. The van der Waals surface area contributed by atoms with Crippen LogP contribution in [0, 0.1) is 5.92 Å². The molecule has 146 valence electrons. The van der Waals surface area contributed by atoms with Crippen LogP contribution in [0.1, 0.15) is 5.56 Å². The third-order valence-corrected chi connectivity index (χ3v) is 5.02. The number of rotatable bonds is 4. The van der Waals surface area contributed by atoms with Crippen molar-refractivity contribution in [3.05, 3.63) is 48.3 Å². The molecule has 1 saturated heterocycles. The molecule has 0 unspecified atom stereocenters. The van der Waals surface area contributed by atoms with Crippen LogP contribution in [-0.4, -0.2) is 66.1 Å². The molecule has 28 heavy (non-hydrogen) atoms. The third-order valence-electron chi connectivity index (χ3n) is 5.02. The summed E-state index contributed by atoms with van der Waals surface area (Å²) in [4.78, 5) is 36.9. The topological polar surface area (TPSA) is 84.9 Å². The summed E-state index contributed by atoms with van der Waals surface area (Å²) in [5.41, 5.74) is 0.987. The molecule has 0 spiro atoms. The van der Waals surface area contributed by atoms with Crippen LogP contribution in [-0.2, 0) is 20.7 Å². The average Bonchev–Trinajstić information content (AvgIpc) is 2.77. The van der Waals surface area contributed by atoms with E-state index in [-0.39, 0.29) is 31.0 Å². The lowest BCUT2D eigenvalue weighted by Crippen LogP contribution is -2.50. The summed E-state index contributed by atoms with van der Waals surface area (Å²) in [7, 11) is 0. The molecule has 1 amide bonds. The quantitative estimate of drug-likeness (QED) is 0.727. The number of benzene rings is 1. The van der Waals surface area contributed by atoms with Gasteiger partial charge in [0.25, 0.3) is 5.91 Å². The van der Waals surface area contributed by atoms with Gasteiger partial charge in [-0.3, -0.25) is 9.59 Å². The first-order valence-electron chi connectivity index (χ1n) is 9.38. The molecule has 2 aliphatic heterocycles. The van der Waals surface area contributed by atoms with Crippen molar-refractivity contribution < 1.29 is 19.1 Å². The van der Waals surface area contributed by atoms with Gasteiger partial charge in [-0.2, -0.15) is 0 Å². The Labute approximate surface area is 163 Å². The van der Waals surface area contributed by atoms with Gasteiger partial charge in [0.05, 0.1) is 5.92 Å². The van der Waals surface area contributed by atoms with Crippen molar-refractivity contribution in [2.24, 2.45) is 5.92 Å². The van der Waals surface area contributed by atoms with Crippen LogP contribution in [0.25, 0.3) is 0 Å². The maximum atomic E-state index is 12.4. The molecule has 0 aliphatic carbocycles. The van der Waals surface area contributed by atoms with Crippen LogP contribution in [0.4, 0.5) is 5.95 Å². The van der Waals surface area contributed by atoms with E-state index < -0.39 is 0 Å². The number of fused-ring (bicyclic) bond motifs is 1. The number of hydrogen-bond donors (Lipinski definition) is 0. The van der Waals surface area contributed by atoms with Gasteiger partial charge in [-0.1, -0.05) is 18.2 Å². The largest absolute Gasteiger partial charge is 0.492 e. The molecule has 8 nitrogen and oxygen atoms in total. The number of ether oxygens (including phenoxy) is 2. The molecule has 3 heterocycles. The van der Waals surface area contributed by atoms with Gasteiger partial charge >= 0.3 is 5.97 Å². The van der Waals surface area contributed by atoms with E-state index in [2.05, 4.69) is 9.97 Å². The summed E-state index contributed by atoms with van der Waals surface area (Å²) in [6.07, 6.45) is 3.97. The normalized spacial score (nSPS) is 18.8. The van der Waals surface area contributed by atoms with E-state index in [0.29, 0.717) is 38.5 Å². The molecular formula is C20H22N4O4. The second kappa shape index (κ2) is 8.24. The number of carbonyl (C=O) groups is 2. The van der Waals surface area contributed by atoms with Gasteiger partial charge in [-0.05, 0) is 24.1 Å². The predicted octanol–water partition coefficient (Wildman–Crippen LogP) is 0.920. The van der Waals surface area contributed by atoms with Gasteiger partial charge in [-0.25, -0.2) is 9.97 Å². The van der Waals surface area contributed by atoms with Crippen LogP contribution in [0.3, 0.4) is 0 Å². The van der Waals surface area contributed by atoms with E-state index in [1.807, 2.05) is 29.2 Å². The van der Waals surface area contributed by atoms with E-state index >= 15 is 0 Å². The van der Waals surface area contributed by atoms with Crippen molar-refractivity contribution in [1.82, 2.24) is 14.9 Å². The fourth-order valence-electron chi connectivity index (χ4n) is 3.43. The van der Waals surface area contributed by atoms with Crippen molar-refractivity contribution in [1.29, 1.82) is 0 Å². The first-order chi connectivity index (χ1) is 13.7. The van der Waals surface area contributed by atoms with E-state index in [0.717, 1.165) is 11.3 Å². The Bertz CT molecular complexity index is 837. The minimum absolute atomic E-state index is 0.181. The SMILES string of the molecule is O=C(OCC(=O)N1CCN(c2ncccn2)CC1)[C@H]1COc2ccccc2C1. The highest BCUT2D eigenvalue weighted by atomic mass is 16.5. The highest BCUT2D eigenvalue weighted by Crippen LogP contribution is 2.27. The Hall–Kier alpha value is -3.16. The Kier molecular flexibility index (Phi) is 5.36. The number of nitrogens with zero attached hydrogens (tertiary/aromatic N) is 4. The Morgan fingerprint density at radius 1 is 1.07 bits per heavy atom. The van der Waals surface area contributed by atoms with Crippen LogP contribution < -0.4 is 9.64 Å². The minimum atomic E-state index is -0.390. The van der Waals surface area contributed by atoms with Gasteiger partial charge in [0.15, 0.2) is 6.61 Å². The molecule has 1 aromatic heterocycles. The lowest BCUT2D eigenvalue weighted by atomic mass is 9.97. The molecule has 2 aliphatic rings. The summed E-state index contributed by atoms with van der Waals surface area (Å²) in [5.74, 6) is 0.523. The number of anilines is 1. The highest BCUT2D eigenvalue weighted by Gasteiger charge is 2.29. The zero-order chi connectivity index (χ0) is 19.3. The zero-order valence-electron chi connectivity index (χ0n) is 15.5. The molecule has 8 heteroatoms. The van der Waals surface area contributed by atoms with Gasteiger partial charge in [0, 0.05) is 38.6 Å². The lowest BCUT2D eigenvalue weighted by Gasteiger charge is -2.34. The standard InChI is InChI=1S/C20H22N4O4/c25-18(23-8-10-24(11-9-23)20-21-6-3-7-22-20)14-28-19(26)16-12-15-4-1-2-5-17(15)27-13-16/h1-7,16H,8-14H2/t16-/m1/s1. The summed E-state index contributed by atoms with van der Waals surface area (Å²) < 4.78 is 10.9. The molecule has 1 aromatic carbocycles. The molecule has 0 saturated carbocycles. The Morgan fingerprint density at radius 2 is 1.82 bits per heavy atom. The molecule has 1 atom stereocenters. The molecular weight excluding hydrogens is 360 g/mol. The first kappa shape index (κ1) is 18.2. The van der Waals surface area contributed by atoms with Crippen LogP contribution in [0.5, 0.6) is 5.75 Å². The van der Waals surface area contributed by atoms with E-state index in [1.165, 1.54) is 0 Å². The van der Waals surface area contributed by atoms with E-state index in [1.54, 1.807) is 23.4 Å². The summed E-state index contributed by atoms with van der Waals surface area (Å²) in [6.45, 7) is 2.44. The van der Waals surface area contributed by atoms with Gasteiger partial charge < -0.3 is 19.3 Å². The number of esters is 1. The molecule has 0 radical (unpaired) electrons. The summed E-state index contributed by atoms with van der Waals surface area (Å²) in [5, 5.41) is 0. The number of carbonyl (C=O) groups excluding carboxylic acids is 2. The summed E-state index contributed by atoms with van der Waals surface area (Å²) >= 11 is 0. The maximum absolute atomic E-state index is 12.4. The van der Waals surface area contributed by atoms with Crippen molar-refractivity contribution >= 4 is 17.8 Å². The number of aromatic nitrogens is 2. The van der Waals surface area contributed by atoms with Gasteiger partial charge in [0.2, 0.25) is 5.95 Å². The first-order valence-corrected chi connectivity index (χ1v) is 9.38. The maximum Gasteiger partial charge on any atom is 0.313 e. The van der Waals surface area contributed by atoms with Crippen LogP contribution >= 0.6 is 0 Å². The zero-order valence-corrected chi connectivity index (χ0v) is 15.5. The van der Waals surface area contributed by atoms with Gasteiger partial charge in [0.1, 0.15) is 12.4 Å². The Morgan fingerprint density at radius 3 is 2.61 bits per heavy atom. The molecule has 0 N–H and O–H groups in total. The van der Waals surface area contributed by atoms with Crippen molar-refractivity contribution in [2.45, 2.75) is 6.42 Å². The van der Waals surface area contributed by atoms with E-state index in [9.17, 15) is 9.59 Å². The van der Waals surface area contributed by atoms with Crippen LogP contribution in [0.15, 0.2) is 42.7 Å². The van der Waals surface area contributed by atoms with Gasteiger partial charge in [-0.15, -0.1) is 0 Å². The number of hydrogen-bond acceptors (Lipinski definition) is 7. The average molecular weight is 382 g/mol. The third kappa shape index (κ3) is 4.05.